The maximum atomic E-state index is 5.66. The van der Waals surface area contributed by atoms with Crippen molar-refractivity contribution < 1.29 is 9.47 Å². The van der Waals surface area contributed by atoms with Gasteiger partial charge in [-0.25, -0.2) is 0 Å². The Balaban J connectivity index is 1.95. The molecule has 0 bridgehead atoms. The van der Waals surface area contributed by atoms with E-state index in [2.05, 4.69) is 57.3 Å². The van der Waals surface area contributed by atoms with E-state index in [1.807, 2.05) is 0 Å². The number of hydrogen-bond donors (Lipinski definition) is 1. The Bertz CT molecular complexity index is 441. The third-order valence-corrected chi connectivity index (χ3v) is 4.51. The van der Waals surface area contributed by atoms with E-state index in [9.17, 15) is 0 Å². The van der Waals surface area contributed by atoms with Gasteiger partial charge in [0.15, 0.2) is 0 Å². The molecule has 2 atom stereocenters. The fourth-order valence-corrected chi connectivity index (χ4v) is 2.69. The van der Waals surface area contributed by atoms with Crippen LogP contribution in [0.3, 0.4) is 0 Å². The summed E-state index contributed by atoms with van der Waals surface area (Å²) in [6, 6.07) is 9.23. The molecule has 21 heavy (non-hydrogen) atoms. The third kappa shape index (κ3) is 4.06. The molecule has 2 rings (SSSR count). The molecule has 1 aliphatic rings. The molecule has 0 aliphatic carbocycles. The lowest BCUT2D eigenvalue weighted by Gasteiger charge is -2.28. The number of hydrogen-bond acceptors (Lipinski definition) is 3. The summed E-state index contributed by atoms with van der Waals surface area (Å²) in [5.41, 5.74) is 2.74. The Morgan fingerprint density at radius 1 is 1.29 bits per heavy atom. The second-order valence-corrected chi connectivity index (χ2v) is 7.16. The predicted octanol–water partition coefficient (Wildman–Crippen LogP) is 3.44. The van der Waals surface area contributed by atoms with Crippen LogP contribution < -0.4 is 5.32 Å². The molecule has 0 saturated carbocycles. The first kappa shape index (κ1) is 16.5. The zero-order valence-corrected chi connectivity index (χ0v) is 14.0. The first-order valence-electron chi connectivity index (χ1n) is 7.83. The zero-order valence-electron chi connectivity index (χ0n) is 14.0. The van der Waals surface area contributed by atoms with Crippen LogP contribution in [0.4, 0.5) is 0 Å². The Kier molecular flexibility index (Phi) is 5.07. The van der Waals surface area contributed by atoms with Crippen LogP contribution in [0.25, 0.3) is 0 Å². The quantitative estimate of drug-likeness (QED) is 0.901. The summed E-state index contributed by atoms with van der Waals surface area (Å²) in [4.78, 5) is 0. The Labute approximate surface area is 129 Å². The average molecular weight is 291 g/mol. The van der Waals surface area contributed by atoms with Gasteiger partial charge in [-0.05, 0) is 23.5 Å². The summed E-state index contributed by atoms with van der Waals surface area (Å²) >= 11 is 0. The normalized spacial score (nSPS) is 24.2. The fraction of sp³-hybridized carbons (Fsp3) is 0.667. The van der Waals surface area contributed by atoms with Crippen LogP contribution in [0.2, 0.25) is 0 Å². The molecule has 0 aromatic heterocycles. The van der Waals surface area contributed by atoms with Gasteiger partial charge in [0, 0.05) is 32.7 Å². The summed E-state index contributed by atoms with van der Waals surface area (Å²) in [6.07, 6.45) is 0.964. The number of nitrogens with one attached hydrogen (secondary N) is 1. The van der Waals surface area contributed by atoms with Crippen molar-refractivity contribution in [1.29, 1.82) is 0 Å². The minimum absolute atomic E-state index is 0.153. The molecule has 1 fully saturated rings. The zero-order chi connectivity index (χ0) is 15.5. The summed E-state index contributed by atoms with van der Waals surface area (Å²) in [5.74, 6) is 0. The lowest BCUT2D eigenvalue weighted by Crippen LogP contribution is -2.43. The topological polar surface area (TPSA) is 30.5 Å². The molecule has 0 spiro atoms. The molecule has 1 aromatic carbocycles. The summed E-state index contributed by atoms with van der Waals surface area (Å²) in [5, 5.41) is 3.59. The predicted molar refractivity (Wildman–Crippen MR) is 86.7 cm³/mol. The van der Waals surface area contributed by atoms with Gasteiger partial charge in [0.25, 0.3) is 0 Å². The standard InChI is InChI=1S/C18H29NO2/c1-14(19-12-18(20-5)10-11-21-13-18)15-6-8-16(9-7-15)17(2,3)4/h6-9,14,19H,10-13H2,1-5H3. The highest BCUT2D eigenvalue weighted by Gasteiger charge is 2.34. The monoisotopic (exact) mass is 291 g/mol. The average Bonchev–Trinajstić information content (AvgIpc) is 2.93. The highest BCUT2D eigenvalue weighted by Crippen LogP contribution is 2.25. The molecule has 0 amide bonds. The van der Waals surface area contributed by atoms with Crippen molar-refractivity contribution in [3.05, 3.63) is 35.4 Å². The van der Waals surface area contributed by atoms with Crippen molar-refractivity contribution >= 4 is 0 Å². The highest BCUT2D eigenvalue weighted by atomic mass is 16.5. The summed E-state index contributed by atoms with van der Waals surface area (Å²) in [6.45, 7) is 11.2. The van der Waals surface area contributed by atoms with Crippen LogP contribution in [-0.2, 0) is 14.9 Å². The van der Waals surface area contributed by atoms with Crippen LogP contribution in [0.15, 0.2) is 24.3 Å². The fourth-order valence-electron chi connectivity index (χ4n) is 2.69. The maximum absolute atomic E-state index is 5.66. The largest absolute Gasteiger partial charge is 0.378 e. The van der Waals surface area contributed by atoms with E-state index >= 15 is 0 Å². The van der Waals surface area contributed by atoms with Gasteiger partial charge >= 0.3 is 0 Å². The lowest BCUT2D eigenvalue weighted by atomic mass is 9.86. The molecule has 0 radical (unpaired) electrons. The molecule has 3 nitrogen and oxygen atoms in total. The van der Waals surface area contributed by atoms with Gasteiger partial charge in [-0.1, -0.05) is 45.0 Å². The molecular formula is C18H29NO2. The Morgan fingerprint density at radius 2 is 1.95 bits per heavy atom. The van der Waals surface area contributed by atoms with Crippen molar-refractivity contribution in [3.8, 4) is 0 Å². The number of ether oxygens (including phenoxy) is 2. The first-order chi connectivity index (χ1) is 9.86. The van der Waals surface area contributed by atoms with E-state index < -0.39 is 0 Å². The van der Waals surface area contributed by atoms with Crippen molar-refractivity contribution in [3.63, 3.8) is 0 Å². The minimum atomic E-state index is -0.153. The van der Waals surface area contributed by atoms with Crippen molar-refractivity contribution in [2.75, 3.05) is 26.9 Å². The van der Waals surface area contributed by atoms with Gasteiger partial charge in [-0.15, -0.1) is 0 Å². The van der Waals surface area contributed by atoms with E-state index in [0.29, 0.717) is 12.6 Å². The molecule has 118 valence electrons. The minimum Gasteiger partial charge on any atom is -0.378 e. The van der Waals surface area contributed by atoms with Crippen LogP contribution in [0.5, 0.6) is 0 Å². The molecule has 2 unspecified atom stereocenters. The summed E-state index contributed by atoms with van der Waals surface area (Å²) < 4.78 is 11.1. The van der Waals surface area contributed by atoms with Gasteiger partial charge in [0.2, 0.25) is 0 Å². The van der Waals surface area contributed by atoms with E-state index in [4.69, 9.17) is 9.47 Å². The number of benzene rings is 1. The third-order valence-electron chi connectivity index (χ3n) is 4.51. The Morgan fingerprint density at radius 3 is 2.43 bits per heavy atom. The van der Waals surface area contributed by atoms with Gasteiger partial charge in [0.05, 0.1) is 6.61 Å². The van der Waals surface area contributed by atoms with Crippen LogP contribution in [0, 0.1) is 0 Å². The molecule has 1 saturated heterocycles. The van der Waals surface area contributed by atoms with Crippen LogP contribution >= 0.6 is 0 Å². The van der Waals surface area contributed by atoms with Gasteiger partial charge < -0.3 is 14.8 Å². The molecule has 1 aliphatic heterocycles. The maximum Gasteiger partial charge on any atom is 0.106 e. The molecule has 1 N–H and O–H groups in total. The SMILES string of the molecule is COC1(CNC(C)c2ccc(C(C)(C)C)cc2)CCOC1. The molecule has 1 heterocycles. The smallest absolute Gasteiger partial charge is 0.106 e. The van der Waals surface area contributed by atoms with Gasteiger partial charge in [-0.3, -0.25) is 0 Å². The second kappa shape index (κ2) is 6.47. The van der Waals surface area contributed by atoms with E-state index in [1.54, 1.807) is 7.11 Å². The van der Waals surface area contributed by atoms with E-state index in [1.165, 1.54) is 11.1 Å². The van der Waals surface area contributed by atoms with Gasteiger partial charge in [0.1, 0.15) is 5.60 Å². The summed E-state index contributed by atoms with van der Waals surface area (Å²) in [7, 11) is 1.78. The highest BCUT2D eigenvalue weighted by molar-refractivity contribution is 5.29. The van der Waals surface area contributed by atoms with Crippen molar-refractivity contribution in [1.82, 2.24) is 5.32 Å². The van der Waals surface area contributed by atoms with Crippen LogP contribution in [0.1, 0.15) is 51.3 Å². The first-order valence-corrected chi connectivity index (χ1v) is 7.83. The van der Waals surface area contributed by atoms with Crippen LogP contribution in [-0.4, -0.2) is 32.5 Å². The van der Waals surface area contributed by atoms with Gasteiger partial charge in [-0.2, -0.15) is 0 Å². The van der Waals surface area contributed by atoms with E-state index in [-0.39, 0.29) is 11.0 Å². The van der Waals surface area contributed by atoms with Crippen molar-refractivity contribution in [2.24, 2.45) is 0 Å². The lowest BCUT2D eigenvalue weighted by molar-refractivity contribution is -0.0172. The molecular weight excluding hydrogens is 262 g/mol. The second-order valence-electron chi connectivity index (χ2n) is 7.16. The van der Waals surface area contributed by atoms with Crippen molar-refractivity contribution in [2.45, 2.75) is 51.2 Å². The number of methoxy groups -OCH3 is 1. The Hall–Kier alpha value is -0.900. The molecule has 1 aromatic rings. The molecule has 3 heteroatoms. The van der Waals surface area contributed by atoms with E-state index in [0.717, 1.165) is 19.6 Å². The number of rotatable bonds is 5.